The first-order valence-corrected chi connectivity index (χ1v) is 12.5. The van der Waals surface area contributed by atoms with E-state index in [4.69, 9.17) is 0 Å². The smallest absolute Gasteiger partial charge is 0.266 e. The number of piperazine rings is 1. The third-order valence-electron chi connectivity index (χ3n) is 6.38. The molecule has 1 atom stereocenters. The van der Waals surface area contributed by atoms with Crippen LogP contribution in [0.25, 0.3) is 23.1 Å². The highest BCUT2D eigenvalue weighted by atomic mass is 32.1. The number of aryl methyl sites for hydroxylation is 1. The Kier molecular flexibility index (Phi) is 6.58. The van der Waals surface area contributed by atoms with Gasteiger partial charge in [0.15, 0.2) is 0 Å². The number of rotatable bonds is 6. The maximum absolute atomic E-state index is 13.0. The monoisotopic (exact) mass is 471 g/mol. The Morgan fingerprint density at radius 3 is 2.94 bits per heavy atom. The van der Waals surface area contributed by atoms with Crippen LogP contribution in [0.15, 0.2) is 53.9 Å². The minimum Gasteiger partial charge on any atom is -0.321 e. The number of amides is 1. The standard InChI is InChI=1S/C27H29N5OS/c1-18-11-14-34-26(18)27(33)29-25-15-20(17-32-13-12-28-16-19(32)2)7-8-21(25)9-10-24-22-5-3-4-6-23(22)30-31-24/h3-11,14-15,19,28H,12-13,16-17H2,1-2H3,(H,29,33)(H,30,31). The summed E-state index contributed by atoms with van der Waals surface area (Å²) in [5, 5.41) is 17.2. The number of hydrogen-bond donors (Lipinski definition) is 3. The number of aromatic amines is 1. The fourth-order valence-corrected chi connectivity index (χ4v) is 5.19. The molecular weight excluding hydrogens is 442 g/mol. The number of thiophene rings is 1. The van der Waals surface area contributed by atoms with Crippen molar-refractivity contribution in [2.75, 3.05) is 25.0 Å². The van der Waals surface area contributed by atoms with Gasteiger partial charge in [0.1, 0.15) is 0 Å². The van der Waals surface area contributed by atoms with Crippen LogP contribution in [-0.2, 0) is 6.54 Å². The molecule has 4 aromatic rings. The second kappa shape index (κ2) is 9.93. The number of aromatic nitrogens is 2. The highest BCUT2D eigenvalue weighted by molar-refractivity contribution is 7.12. The molecule has 2 aromatic heterocycles. The normalized spacial score (nSPS) is 16.9. The molecule has 174 valence electrons. The molecule has 7 heteroatoms. The average Bonchev–Trinajstić information content (AvgIpc) is 3.46. The Morgan fingerprint density at radius 1 is 1.24 bits per heavy atom. The van der Waals surface area contributed by atoms with E-state index in [2.05, 4.69) is 56.9 Å². The molecule has 1 saturated heterocycles. The molecule has 1 fully saturated rings. The van der Waals surface area contributed by atoms with Crippen molar-refractivity contribution < 1.29 is 4.79 Å². The molecule has 34 heavy (non-hydrogen) atoms. The highest BCUT2D eigenvalue weighted by Gasteiger charge is 2.19. The maximum Gasteiger partial charge on any atom is 0.266 e. The molecule has 0 bridgehead atoms. The first-order valence-electron chi connectivity index (χ1n) is 11.6. The second-order valence-corrected chi connectivity index (χ2v) is 9.74. The Labute approximate surface area is 203 Å². The van der Waals surface area contributed by atoms with Crippen LogP contribution in [0.4, 0.5) is 5.69 Å². The summed E-state index contributed by atoms with van der Waals surface area (Å²) in [6.45, 7) is 8.10. The molecule has 2 aromatic carbocycles. The minimum absolute atomic E-state index is 0.0694. The molecule has 0 aliphatic carbocycles. The molecule has 6 nitrogen and oxygen atoms in total. The fraction of sp³-hybridized carbons (Fsp3) is 0.259. The summed E-state index contributed by atoms with van der Waals surface area (Å²) in [6, 6.07) is 16.9. The number of hydrogen-bond acceptors (Lipinski definition) is 5. The molecule has 3 N–H and O–H groups in total. The van der Waals surface area contributed by atoms with Crippen molar-refractivity contribution in [1.82, 2.24) is 20.4 Å². The van der Waals surface area contributed by atoms with Crippen LogP contribution in [-0.4, -0.2) is 46.7 Å². The lowest BCUT2D eigenvalue weighted by Gasteiger charge is -2.34. The molecule has 5 rings (SSSR count). The number of nitrogens with zero attached hydrogens (tertiary/aromatic N) is 2. The van der Waals surface area contributed by atoms with Gasteiger partial charge in [0.25, 0.3) is 5.91 Å². The zero-order chi connectivity index (χ0) is 23.5. The predicted octanol–water partition coefficient (Wildman–Crippen LogP) is 5.15. The predicted molar refractivity (Wildman–Crippen MR) is 141 cm³/mol. The summed E-state index contributed by atoms with van der Waals surface area (Å²) in [7, 11) is 0. The SMILES string of the molecule is Cc1ccsc1C(=O)Nc1cc(CN2CCNCC2C)ccc1C=Cc1n[nH]c2ccccc12. The van der Waals surface area contributed by atoms with Crippen LogP contribution >= 0.6 is 11.3 Å². The second-order valence-electron chi connectivity index (χ2n) is 8.82. The number of benzene rings is 2. The lowest BCUT2D eigenvalue weighted by molar-refractivity contribution is 0.103. The van der Waals surface area contributed by atoms with Gasteiger partial charge < -0.3 is 10.6 Å². The molecule has 0 saturated carbocycles. The van der Waals surface area contributed by atoms with Gasteiger partial charge in [0, 0.05) is 43.3 Å². The molecule has 1 aliphatic rings. The van der Waals surface area contributed by atoms with E-state index in [1.165, 1.54) is 16.9 Å². The first-order chi connectivity index (χ1) is 16.6. The van der Waals surface area contributed by atoms with E-state index in [0.29, 0.717) is 6.04 Å². The van der Waals surface area contributed by atoms with Gasteiger partial charge in [-0.2, -0.15) is 5.10 Å². The Hall–Kier alpha value is -3.26. The van der Waals surface area contributed by atoms with E-state index in [0.717, 1.165) is 64.5 Å². The van der Waals surface area contributed by atoms with E-state index in [1.54, 1.807) is 0 Å². The van der Waals surface area contributed by atoms with E-state index in [1.807, 2.05) is 48.7 Å². The molecule has 0 radical (unpaired) electrons. The number of carbonyl (C=O) groups is 1. The highest BCUT2D eigenvalue weighted by Crippen LogP contribution is 2.26. The van der Waals surface area contributed by atoms with Gasteiger partial charge in [-0.3, -0.25) is 14.8 Å². The van der Waals surface area contributed by atoms with E-state index < -0.39 is 0 Å². The zero-order valence-electron chi connectivity index (χ0n) is 19.5. The van der Waals surface area contributed by atoms with Crippen molar-refractivity contribution in [3.05, 3.63) is 81.2 Å². The summed E-state index contributed by atoms with van der Waals surface area (Å²) in [5.74, 6) is -0.0694. The van der Waals surface area contributed by atoms with Crippen molar-refractivity contribution in [3.8, 4) is 0 Å². The topological polar surface area (TPSA) is 73.1 Å². The summed E-state index contributed by atoms with van der Waals surface area (Å²) in [5.41, 5.74) is 5.83. The summed E-state index contributed by atoms with van der Waals surface area (Å²) in [4.78, 5) is 16.3. The summed E-state index contributed by atoms with van der Waals surface area (Å²) < 4.78 is 0. The third-order valence-corrected chi connectivity index (χ3v) is 7.39. The molecular formula is C27H29N5OS. The lowest BCUT2D eigenvalue weighted by Crippen LogP contribution is -2.49. The van der Waals surface area contributed by atoms with Crippen LogP contribution in [0.1, 0.15) is 39.0 Å². The van der Waals surface area contributed by atoms with Crippen molar-refractivity contribution in [3.63, 3.8) is 0 Å². The quantitative estimate of drug-likeness (QED) is 0.364. The Morgan fingerprint density at radius 2 is 2.12 bits per heavy atom. The number of para-hydroxylation sites is 1. The lowest BCUT2D eigenvalue weighted by atomic mass is 10.1. The number of anilines is 1. The van der Waals surface area contributed by atoms with Crippen LogP contribution in [0.2, 0.25) is 0 Å². The zero-order valence-corrected chi connectivity index (χ0v) is 20.3. The minimum atomic E-state index is -0.0694. The van der Waals surface area contributed by atoms with E-state index >= 15 is 0 Å². The van der Waals surface area contributed by atoms with Crippen molar-refractivity contribution in [2.45, 2.75) is 26.4 Å². The Bertz CT molecular complexity index is 1340. The van der Waals surface area contributed by atoms with Gasteiger partial charge in [-0.1, -0.05) is 36.4 Å². The van der Waals surface area contributed by atoms with Gasteiger partial charge >= 0.3 is 0 Å². The number of H-pyrrole nitrogens is 1. The fourth-order valence-electron chi connectivity index (χ4n) is 4.37. The van der Waals surface area contributed by atoms with E-state index in [9.17, 15) is 4.79 Å². The van der Waals surface area contributed by atoms with Gasteiger partial charge in [0.2, 0.25) is 0 Å². The van der Waals surface area contributed by atoms with E-state index in [-0.39, 0.29) is 5.91 Å². The van der Waals surface area contributed by atoms with Gasteiger partial charge in [-0.05, 0) is 60.2 Å². The Balaban J connectivity index is 1.45. The average molecular weight is 472 g/mol. The summed E-state index contributed by atoms with van der Waals surface area (Å²) in [6.07, 6.45) is 4.02. The van der Waals surface area contributed by atoms with Crippen molar-refractivity contribution in [2.24, 2.45) is 0 Å². The van der Waals surface area contributed by atoms with Gasteiger partial charge in [-0.25, -0.2) is 0 Å². The van der Waals surface area contributed by atoms with Crippen LogP contribution in [0.3, 0.4) is 0 Å². The van der Waals surface area contributed by atoms with Crippen molar-refractivity contribution in [1.29, 1.82) is 0 Å². The molecule has 1 amide bonds. The van der Waals surface area contributed by atoms with Gasteiger partial charge in [0.05, 0.1) is 16.1 Å². The number of carbonyl (C=O) groups excluding carboxylic acids is 1. The molecule has 0 spiro atoms. The van der Waals surface area contributed by atoms with Crippen LogP contribution in [0.5, 0.6) is 0 Å². The first kappa shape index (κ1) is 22.5. The van der Waals surface area contributed by atoms with Crippen molar-refractivity contribution >= 4 is 46.0 Å². The van der Waals surface area contributed by atoms with Gasteiger partial charge in [-0.15, -0.1) is 11.3 Å². The van der Waals surface area contributed by atoms with Crippen LogP contribution in [0, 0.1) is 6.92 Å². The van der Waals surface area contributed by atoms with Crippen LogP contribution < -0.4 is 10.6 Å². The molecule has 1 aliphatic heterocycles. The third kappa shape index (κ3) is 4.82. The largest absolute Gasteiger partial charge is 0.321 e. The number of fused-ring (bicyclic) bond motifs is 1. The molecule has 1 unspecified atom stereocenters. The maximum atomic E-state index is 13.0. The molecule has 3 heterocycles. The number of nitrogens with one attached hydrogen (secondary N) is 3. The summed E-state index contributed by atoms with van der Waals surface area (Å²) >= 11 is 1.47.